The molecule has 0 heterocycles. The first-order chi connectivity index (χ1) is 7.29. The van der Waals surface area contributed by atoms with Crippen LogP contribution in [0.5, 0.6) is 5.75 Å². The Bertz CT molecular complexity index is 364. The summed E-state index contributed by atoms with van der Waals surface area (Å²) < 4.78 is 48.9. The summed E-state index contributed by atoms with van der Waals surface area (Å²) in [6.07, 6.45) is -5.75. The third kappa shape index (κ3) is 3.69. The van der Waals surface area contributed by atoms with E-state index in [0.717, 1.165) is 6.07 Å². The number of nitrogens with two attached hydrogens (primary N) is 1. The largest absolute Gasteiger partial charge is 0.508 e. The van der Waals surface area contributed by atoms with Crippen LogP contribution in [0, 0.1) is 5.82 Å². The van der Waals surface area contributed by atoms with Crippen LogP contribution in [0.4, 0.5) is 17.6 Å². The summed E-state index contributed by atoms with van der Waals surface area (Å²) in [5.74, 6) is -1.08. The van der Waals surface area contributed by atoms with E-state index in [0.29, 0.717) is 0 Å². The number of alkyl halides is 3. The molecule has 2 nitrogen and oxygen atoms in total. The van der Waals surface area contributed by atoms with E-state index < -0.39 is 24.5 Å². The Balaban J connectivity index is 2.70. The van der Waals surface area contributed by atoms with Gasteiger partial charge in [-0.2, -0.15) is 13.2 Å². The first-order valence-electron chi connectivity index (χ1n) is 4.60. The van der Waals surface area contributed by atoms with Crippen LogP contribution in [-0.2, 0) is 0 Å². The molecule has 0 amide bonds. The maximum absolute atomic E-state index is 13.2. The molecule has 1 aromatic rings. The molecule has 0 fully saturated rings. The summed E-state index contributed by atoms with van der Waals surface area (Å²) in [5, 5.41) is 8.92. The zero-order valence-electron chi connectivity index (χ0n) is 8.26. The Morgan fingerprint density at radius 3 is 2.44 bits per heavy atom. The SMILES string of the molecule is N[C@H](CCC(F)(F)F)c1ccc(O)cc1F. The minimum atomic E-state index is -4.30. The van der Waals surface area contributed by atoms with Crippen molar-refractivity contribution in [3.8, 4) is 5.75 Å². The minimum absolute atomic E-state index is 0.0259. The van der Waals surface area contributed by atoms with Crippen LogP contribution in [0.15, 0.2) is 18.2 Å². The van der Waals surface area contributed by atoms with E-state index in [2.05, 4.69) is 0 Å². The number of phenolic OH excluding ortho intramolecular Hbond substituents is 1. The molecular weight excluding hydrogens is 226 g/mol. The highest BCUT2D eigenvalue weighted by Crippen LogP contribution is 2.28. The average molecular weight is 237 g/mol. The molecule has 0 spiro atoms. The molecule has 0 aliphatic carbocycles. The Kier molecular flexibility index (Phi) is 3.74. The first kappa shape index (κ1) is 12.8. The normalized spacial score (nSPS) is 13.8. The van der Waals surface area contributed by atoms with Gasteiger partial charge in [0.25, 0.3) is 0 Å². The van der Waals surface area contributed by atoms with Crippen molar-refractivity contribution in [1.82, 2.24) is 0 Å². The zero-order chi connectivity index (χ0) is 12.3. The van der Waals surface area contributed by atoms with Crippen molar-refractivity contribution in [2.75, 3.05) is 0 Å². The molecule has 1 atom stereocenters. The molecule has 1 rings (SSSR count). The van der Waals surface area contributed by atoms with Crippen molar-refractivity contribution in [2.24, 2.45) is 5.73 Å². The van der Waals surface area contributed by atoms with E-state index in [9.17, 15) is 17.6 Å². The summed E-state index contributed by atoms with van der Waals surface area (Å²) in [5.41, 5.74) is 5.41. The van der Waals surface area contributed by atoms with E-state index in [1.807, 2.05) is 0 Å². The summed E-state index contributed by atoms with van der Waals surface area (Å²) in [6, 6.07) is 2.17. The van der Waals surface area contributed by atoms with E-state index in [1.165, 1.54) is 12.1 Å². The molecule has 0 saturated heterocycles. The Hall–Kier alpha value is -1.30. The first-order valence-corrected chi connectivity index (χ1v) is 4.60. The van der Waals surface area contributed by atoms with E-state index in [-0.39, 0.29) is 17.7 Å². The number of benzene rings is 1. The van der Waals surface area contributed by atoms with Gasteiger partial charge >= 0.3 is 6.18 Å². The lowest BCUT2D eigenvalue weighted by Crippen LogP contribution is -2.16. The molecule has 0 unspecified atom stereocenters. The van der Waals surface area contributed by atoms with Gasteiger partial charge in [-0.25, -0.2) is 4.39 Å². The van der Waals surface area contributed by atoms with Crippen LogP contribution in [0.3, 0.4) is 0 Å². The van der Waals surface area contributed by atoms with Crippen LogP contribution in [-0.4, -0.2) is 11.3 Å². The minimum Gasteiger partial charge on any atom is -0.508 e. The summed E-state index contributed by atoms with van der Waals surface area (Å²) in [6.45, 7) is 0. The molecule has 3 N–H and O–H groups in total. The van der Waals surface area contributed by atoms with Gasteiger partial charge in [-0.05, 0) is 12.5 Å². The predicted octanol–water partition coefficient (Wildman–Crippen LogP) is 2.87. The smallest absolute Gasteiger partial charge is 0.389 e. The topological polar surface area (TPSA) is 46.2 Å². The summed E-state index contributed by atoms with van der Waals surface area (Å²) >= 11 is 0. The van der Waals surface area contributed by atoms with Gasteiger partial charge in [-0.3, -0.25) is 0 Å². The van der Waals surface area contributed by atoms with E-state index >= 15 is 0 Å². The highest BCUT2D eigenvalue weighted by molar-refractivity contribution is 5.29. The van der Waals surface area contributed by atoms with Crippen LogP contribution >= 0.6 is 0 Å². The average Bonchev–Trinajstić information content (AvgIpc) is 2.13. The fraction of sp³-hybridized carbons (Fsp3) is 0.400. The second-order valence-electron chi connectivity index (χ2n) is 3.47. The highest BCUT2D eigenvalue weighted by atomic mass is 19.4. The van der Waals surface area contributed by atoms with Gasteiger partial charge in [-0.15, -0.1) is 0 Å². The molecular formula is C10H11F4NO. The molecule has 6 heteroatoms. The monoisotopic (exact) mass is 237 g/mol. The molecule has 1 aromatic carbocycles. The number of halogens is 4. The van der Waals surface area contributed by atoms with E-state index in [1.54, 1.807) is 0 Å². The number of hydrogen-bond acceptors (Lipinski definition) is 2. The number of rotatable bonds is 3. The standard InChI is InChI=1S/C10H11F4NO/c11-8-5-6(16)1-2-7(8)9(15)3-4-10(12,13)14/h1-2,5,9,16H,3-4,15H2/t9-/m1/s1. The maximum atomic E-state index is 13.2. The van der Waals surface area contributed by atoms with Crippen molar-refractivity contribution < 1.29 is 22.7 Å². The van der Waals surface area contributed by atoms with Crippen LogP contribution in [0.2, 0.25) is 0 Å². The Morgan fingerprint density at radius 2 is 1.94 bits per heavy atom. The van der Waals surface area contributed by atoms with Gasteiger partial charge in [0.2, 0.25) is 0 Å². The molecule has 0 bridgehead atoms. The fourth-order valence-corrected chi connectivity index (χ4v) is 1.29. The highest BCUT2D eigenvalue weighted by Gasteiger charge is 2.28. The zero-order valence-corrected chi connectivity index (χ0v) is 8.26. The second-order valence-corrected chi connectivity index (χ2v) is 3.47. The van der Waals surface area contributed by atoms with Crippen LogP contribution in [0.25, 0.3) is 0 Å². The molecule has 0 aliphatic rings. The molecule has 90 valence electrons. The van der Waals surface area contributed by atoms with Crippen molar-refractivity contribution in [2.45, 2.75) is 25.1 Å². The molecule has 16 heavy (non-hydrogen) atoms. The lowest BCUT2D eigenvalue weighted by molar-refractivity contribution is -0.136. The van der Waals surface area contributed by atoms with Crippen molar-refractivity contribution in [3.63, 3.8) is 0 Å². The van der Waals surface area contributed by atoms with E-state index in [4.69, 9.17) is 10.8 Å². The van der Waals surface area contributed by atoms with Gasteiger partial charge in [0.05, 0.1) is 0 Å². The van der Waals surface area contributed by atoms with Gasteiger partial charge in [0.1, 0.15) is 11.6 Å². The second kappa shape index (κ2) is 4.69. The Labute approximate surface area is 89.7 Å². The molecule has 0 radical (unpaired) electrons. The van der Waals surface area contributed by atoms with Crippen molar-refractivity contribution in [1.29, 1.82) is 0 Å². The lowest BCUT2D eigenvalue weighted by Gasteiger charge is -2.14. The fourth-order valence-electron chi connectivity index (χ4n) is 1.29. The van der Waals surface area contributed by atoms with Gasteiger partial charge in [0.15, 0.2) is 0 Å². The molecule has 0 saturated carbocycles. The number of phenols is 1. The number of hydrogen-bond donors (Lipinski definition) is 2. The van der Waals surface area contributed by atoms with Crippen molar-refractivity contribution in [3.05, 3.63) is 29.6 Å². The van der Waals surface area contributed by atoms with Gasteiger partial charge < -0.3 is 10.8 Å². The molecule has 0 aromatic heterocycles. The van der Waals surface area contributed by atoms with Crippen LogP contribution in [0.1, 0.15) is 24.4 Å². The van der Waals surface area contributed by atoms with Gasteiger partial charge in [-0.1, -0.05) is 6.07 Å². The third-order valence-corrected chi connectivity index (χ3v) is 2.12. The molecule has 0 aliphatic heterocycles. The lowest BCUT2D eigenvalue weighted by atomic mass is 10.0. The Morgan fingerprint density at radius 1 is 1.31 bits per heavy atom. The van der Waals surface area contributed by atoms with Gasteiger partial charge in [0, 0.05) is 24.1 Å². The third-order valence-electron chi connectivity index (χ3n) is 2.12. The predicted molar refractivity (Wildman–Crippen MR) is 50.3 cm³/mol. The quantitative estimate of drug-likeness (QED) is 0.794. The van der Waals surface area contributed by atoms with Crippen molar-refractivity contribution >= 4 is 0 Å². The number of aromatic hydroxyl groups is 1. The summed E-state index contributed by atoms with van der Waals surface area (Å²) in [4.78, 5) is 0. The van der Waals surface area contributed by atoms with Crippen LogP contribution < -0.4 is 5.73 Å². The maximum Gasteiger partial charge on any atom is 0.389 e. The summed E-state index contributed by atoms with van der Waals surface area (Å²) in [7, 11) is 0.